The maximum absolute atomic E-state index is 10.9. The third kappa shape index (κ3) is 4.21. The number of nitro benzene ring substituents is 1. The van der Waals surface area contributed by atoms with E-state index in [1.807, 2.05) is 13.8 Å². The first-order valence-corrected chi connectivity index (χ1v) is 8.45. The number of nitro groups is 1. The molecular formula is C17H22N4O4. The summed E-state index contributed by atoms with van der Waals surface area (Å²) in [5.41, 5.74) is 0.455. The van der Waals surface area contributed by atoms with Gasteiger partial charge in [-0.05, 0) is 24.3 Å². The zero-order valence-electron chi connectivity index (χ0n) is 14.3. The van der Waals surface area contributed by atoms with Crippen molar-refractivity contribution in [3.8, 4) is 0 Å². The first-order chi connectivity index (χ1) is 12.0. The molecule has 0 bridgehead atoms. The van der Waals surface area contributed by atoms with Crippen LogP contribution in [0.3, 0.4) is 0 Å². The van der Waals surface area contributed by atoms with Gasteiger partial charge < -0.3 is 14.9 Å². The van der Waals surface area contributed by atoms with Crippen LogP contribution in [0.1, 0.15) is 62.0 Å². The summed E-state index contributed by atoms with van der Waals surface area (Å²) >= 11 is 0. The normalized spacial score (nSPS) is 16.8. The number of benzene rings is 1. The molecule has 2 aromatic rings. The minimum Gasteiger partial charge on any atom is -0.387 e. The molecule has 1 aromatic heterocycles. The Morgan fingerprint density at radius 2 is 2.20 bits per heavy atom. The van der Waals surface area contributed by atoms with Crippen molar-refractivity contribution in [2.75, 3.05) is 6.54 Å². The summed E-state index contributed by atoms with van der Waals surface area (Å²) in [6.45, 7) is 4.28. The monoisotopic (exact) mass is 346 g/mol. The SMILES string of the molecule is CC(C)C(NCC(O)c1cccc([N+](=O)[O-])c1)c1nc(C2CC2)no1. The third-order valence-corrected chi connectivity index (χ3v) is 4.33. The highest BCUT2D eigenvalue weighted by molar-refractivity contribution is 5.35. The van der Waals surface area contributed by atoms with E-state index in [1.54, 1.807) is 12.1 Å². The van der Waals surface area contributed by atoms with Gasteiger partial charge in [-0.25, -0.2) is 0 Å². The number of hydrogen-bond acceptors (Lipinski definition) is 7. The number of rotatable bonds is 8. The Morgan fingerprint density at radius 1 is 1.44 bits per heavy atom. The predicted octanol–water partition coefficient (Wildman–Crippen LogP) is 2.88. The topological polar surface area (TPSA) is 114 Å². The molecule has 3 rings (SSSR count). The van der Waals surface area contributed by atoms with Crippen molar-refractivity contribution in [2.24, 2.45) is 5.92 Å². The smallest absolute Gasteiger partial charge is 0.269 e. The summed E-state index contributed by atoms with van der Waals surface area (Å²) in [5, 5.41) is 28.5. The fraction of sp³-hybridized carbons (Fsp3) is 0.529. The Bertz CT molecular complexity index is 742. The minimum absolute atomic E-state index is 0.0389. The third-order valence-electron chi connectivity index (χ3n) is 4.33. The average Bonchev–Trinajstić information content (AvgIpc) is 3.33. The summed E-state index contributed by atoms with van der Waals surface area (Å²) in [7, 11) is 0. The molecule has 1 fully saturated rings. The molecule has 0 amide bonds. The quantitative estimate of drug-likeness (QED) is 0.558. The molecule has 8 nitrogen and oxygen atoms in total. The number of aromatic nitrogens is 2. The zero-order valence-corrected chi connectivity index (χ0v) is 14.3. The molecule has 134 valence electrons. The van der Waals surface area contributed by atoms with Crippen molar-refractivity contribution in [3.05, 3.63) is 51.7 Å². The van der Waals surface area contributed by atoms with Crippen molar-refractivity contribution in [1.29, 1.82) is 0 Å². The van der Waals surface area contributed by atoms with Gasteiger partial charge in [0.15, 0.2) is 5.82 Å². The minimum atomic E-state index is -0.869. The highest BCUT2D eigenvalue weighted by Gasteiger charge is 2.31. The van der Waals surface area contributed by atoms with Crippen LogP contribution in [0.4, 0.5) is 5.69 Å². The van der Waals surface area contributed by atoms with Crippen molar-refractivity contribution >= 4 is 5.69 Å². The van der Waals surface area contributed by atoms with Crippen LogP contribution in [0.5, 0.6) is 0 Å². The lowest BCUT2D eigenvalue weighted by molar-refractivity contribution is -0.385. The average molecular weight is 346 g/mol. The van der Waals surface area contributed by atoms with E-state index in [1.165, 1.54) is 12.1 Å². The molecule has 0 saturated heterocycles. The van der Waals surface area contributed by atoms with Crippen LogP contribution in [0, 0.1) is 16.0 Å². The molecule has 1 aliphatic carbocycles. The number of non-ortho nitro benzene ring substituents is 1. The van der Waals surface area contributed by atoms with E-state index in [0.717, 1.165) is 18.7 Å². The maximum atomic E-state index is 10.9. The highest BCUT2D eigenvalue weighted by atomic mass is 16.6. The second-order valence-electron chi connectivity index (χ2n) is 6.76. The summed E-state index contributed by atoms with van der Waals surface area (Å²) in [6.07, 6.45) is 1.33. The van der Waals surface area contributed by atoms with Crippen molar-refractivity contribution in [1.82, 2.24) is 15.5 Å². The molecule has 2 N–H and O–H groups in total. The van der Waals surface area contributed by atoms with Gasteiger partial charge in [0.25, 0.3) is 5.69 Å². The van der Waals surface area contributed by atoms with Crippen LogP contribution < -0.4 is 5.32 Å². The van der Waals surface area contributed by atoms with Crippen LogP contribution >= 0.6 is 0 Å². The summed E-state index contributed by atoms with van der Waals surface area (Å²) < 4.78 is 5.38. The maximum Gasteiger partial charge on any atom is 0.269 e. The lowest BCUT2D eigenvalue weighted by atomic mass is 10.0. The fourth-order valence-corrected chi connectivity index (χ4v) is 2.69. The molecule has 1 saturated carbocycles. The number of hydrogen-bond donors (Lipinski definition) is 2. The Labute approximate surface area is 145 Å². The molecule has 0 spiro atoms. The fourth-order valence-electron chi connectivity index (χ4n) is 2.69. The van der Waals surface area contributed by atoms with Gasteiger partial charge in [-0.15, -0.1) is 0 Å². The van der Waals surface area contributed by atoms with Gasteiger partial charge in [-0.1, -0.05) is 31.1 Å². The highest BCUT2D eigenvalue weighted by Crippen LogP contribution is 2.38. The van der Waals surface area contributed by atoms with E-state index in [0.29, 0.717) is 17.4 Å². The summed E-state index contributed by atoms with van der Waals surface area (Å²) in [5.74, 6) is 1.87. The molecule has 1 heterocycles. The van der Waals surface area contributed by atoms with E-state index in [2.05, 4.69) is 15.5 Å². The molecule has 0 radical (unpaired) electrons. The molecular weight excluding hydrogens is 324 g/mol. The van der Waals surface area contributed by atoms with Crippen LogP contribution in [0.25, 0.3) is 0 Å². The molecule has 1 aromatic carbocycles. The molecule has 25 heavy (non-hydrogen) atoms. The van der Waals surface area contributed by atoms with Crippen LogP contribution in [-0.2, 0) is 0 Å². The second-order valence-corrected chi connectivity index (χ2v) is 6.76. The van der Waals surface area contributed by atoms with E-state index in [4.69, 9.17) is 4.52 Å². The van der Waals surface area contributed by atoms with Crippen LogP contribution in [-0.4, -0.2) is 26.7 Å². The van der Waals surface area contributed by atoms with E-state index in [-0.39, 0.29) is 24.2 Å². The first kappa shape index (κ1) is 17.5. The molecule has 8 heteroatoms. The first-order valence-electron chi connectivity index (χ1n) is 8.45. The molecule has 0 aliphatic heterocycles. The van der Waals surface area contributed by atoms with Gasteiger partial charge >= 0.3 is 0 Å². The van der Waals surface area contributed by atoms with Gasteiger partial charge in [-0.3, -0.25) is 10.1 Å². The molecule has 1 aliphatic rings. The Morgan fingerprint density at radius 3 is 2.84 bits per heavy atom. The van der Waals surface area contributed by atoms with E-state index < -0.39 is 11.0 Å². The Balaban J connectivity index is 1.66. The van der Waals surface area contributed by atoms with E-state index in [9.17, 15) is 15.2 Å². The largest absolute Gasteiger partial charge is 0.387 e. The Hall–Kier alpha value is -2.32. The lowest BCUT2D eigenvalue weighted by Gasteiger charge is -2.21. The van der Waals surface area contributed by atoms with Crippen LogP contribution in [0.2, 0.25) is 0 Å². The van der Waals surface area contributed by atoms with Crippen LogP contribution in [0.15, 0.2) is 28.8 Å². The Kier molecular flexibility index (Phi) is 5.10. The van der Waals surface area contributed by atoms with E-state index >= 15 is 0 Å². The molecule has 2 unspecified atom stereocenters. The number of nitrogens with zero attached hydrogens (tertiary/aromatic N) is 3. The summed E-state index contributed by atoms with van der Waals surface area (Å²) in [6, 6.07) is 5.83. The van der Waals surface area contributed by atoms with Crippen molar-refractivity contribution < 1.29 is 14.6 Å². The summed E-state index contributed by atoms with van der Waals surface area (Å²) in [4.78, 5) is 14.9. The number of aliphatic hydroxyl groups excluding tert-OH is 1. The standard InChI is InChI=1S/C17H22N4O4/c1-10(2)15(17-19-16(20-25-17)11-6-7-11)18-9-14(22)12-4-3-5-13(8-12)21(23)24/h3-5,8,10-11,14-15,18,22H,6-7,9H2,1-2H3. The van der Waals surface area contributed by atoms with Gasteiger partial charge in [-0.2, -0.15) is 4.98 Å². The van der Waals surface area contributed by atoms with Gasteiger partial charge in [0.1, 0.15) is 0 Å². The van der Waals surface area contributed by atoms with Crippen molar-refractivity contribution in [2.45, 2.75) is 44.8 Å². The second kappa shape index (κ2) is 7.28. The lowest BCUT2D eigenvalue weighted by Crippen LogP contribution is -2.30. The predicted molar refractivity (Wildman–Crippen MR) is 89.9 cm³/mol. The van der Waals surface area contributed by atoms with Gasteiger partial charge in [0.2, 0.25) is 5.89 Å². The van der Waals surface area contributed by atoms with Crippen molar-refractivity contribution in [3.63, 3.8) is 0 Å². The number of aliphatic hydroxyl groups is 1. The van der Waals surface area contributed by atoms with Gasteiger partial charge in [0, 0.05) is 24.6 Å². The zero-order chi connectivity index (χ0) is 18.0. The number of nitrogens with one attached hydrogen (secondary N) is 1. The molecule has 2 atom stereocenters. The van der Waals surface area contributed by atoms with Gasteiger partial charge in [0.05, 0.1) is 17.1 Å².